The molecule has 100 valence electrons. The number of nitrogens with two attached hydrogens (primary N) is 1. The summed E-state index contributed by atoms with van der Waals surface area (Å²) in [4.78, 5) is 0. The van der Waals surface area contributed by atoms with E-state index < -0.39 is 0 Å². The quantitative estimate of drug-likeness (QED) is 0.840. The van der Waals surface area contributed by atoms with E-state index in [0.717, 1.165) is 12.8 Å². The second kappa shape index (κ2) is 5.41. The highest BCUT2D eigenvalue weighted by molar-refractivity contribution is 5.29. The SMILES string of the molecule is CC(C)c1ccc([C@H](CN)C2(CO)CCC2)cc1. The summed E-state index contributed by atoms with van der Waals surface area (Å²) in [6, 6.07) is 8.80. The van der Waals surface area contributed by atoms with E-state index in [0.29, 0.717) is 18.4 Å². The standard InChI is InChI=1S/C16H25NO/c1-12(2)13-4-6-14(7-5-13)15(10-17)16(11-18)8-3-9-16/h4-7,12,15,18H,3,8-11,17H2,1-2H3/t15-/m0/s1. The maximum absolute atomic E-state index is 9.69. The lowest BCUT2D eigenvalue weighted by Gasteiger charge is -2.46. The number of hydrogen-bond acceptors (Lipinski definition) is 2. The van der Waals surface area contributed by atoms with Crippen LogP contribution in [0.15, 0.2) is 24.3 Å². The molecule has 1 aromatic carbocycles. The Hall–Kier alpha value is -0.860. The summed E-state index contributed by atoms with van der Waals surface area (Å²) in [6.45, 7) is 5.30. The maximum Gasteiger partial charge on any atom is 0.0493 e. The number of aliphatic hydroxyl groups is 1. The normalized spacial score (nSPS) is 19.6. The summed E-state index contributed by atoms with van der Waals surface area (Å²) in [5, 5.41) is 9.69. The first-order chi connectivity index (χ1) is 8.63. The van der Waals surface area contributed by atoms with Gasteiger partial charge in [0.25, 0.3) is 0 Å². The molecule has 0 aliphatic heterocycles. The summed E-state index contributed by atoms with van der Waals surface area (Å²) in [7, 11) is 0. The molecule has 3 N–H and O–H groups in total. The molecule has 0 spiro atoms. The third-order valence-corrected chi connectivity index (χ3v) is 4.64. The van der Waals surface area contributed by atoms with Crippen LogP contribution in [-0.4, -0.2) is 18.3 Å². The minimum atomic E-state index is 0.0497. The van der Waals surface area contributed by atoms with Gasteiger partial charge in [-0.1, -0.05) is 44.5 Å². The van der Waals surface area contributed by atoms with Gasteiger partial charge in [-0.05, 0) is 36.4 Å². The van der Waals surface area contributed by atoms with Crippen LogP contribution < -0.4 is 5.73 Å². The first kappa shape index (κ1) is 13.6. The second-order valence-electron chi connectivity index (χ2n) is 5.98. The summed E-state index contributed by atoms with van der Waals surface area (Å²) in [5.41, 5.74) is 8.66. The van der Waals surface area contributed by atoms with Gasteiger partial charge in [-0.25, -0.2) is 0 Å². The van der Waals surface area contributed by atoms with Crippen LogP contribution in [0.3, 0.4) is 0 Å². The molecule has 0 amide bonds. The highest BCUT2D eigenvalue weighted by atomic mass is 16.3. The molecular weight excluding hydrogens is 222 g/mol. The monoisotopic (exact) mass is 247 g/mol. The molecule has 1 aliphatic rings. The van der Waals surface area contributed by atoms with E-state index in [1.165, 1.54) is 17.5 Å². The first-order valence-electron chi connectivity index (χ1n) is 7.04. The topological polar surface area (TPSA) is 46.2 Å². The van der Waals surface area contributed by atoms with Gasteiger partial charge in [-0.2, -0.15) is 0 Å². The van der Waals surface area contributed by atoms with Crippen LogP contribution >= 0.6 is 0 Å². The Morgan fingerprint density at radius 3 is 2.06 bits per heavy atom. The van der Waals surface area contributed by atoms with Crippen LogP contribution in [0.5, 0.6) is 0 Å². The largest absolute Gasteiger partial charge is 0.396 e. The van der Waals surface area contributed by atoms with Gasteiger partial charge in [0.15, 0.2) is 0 Å². The zero-order valence-electron chi connectivity index (χ0n) is 11.5. The van der Waals surface area contributed by atoms with Gasteiger partial charge < -0.3 is 10.8 Å². The summed E-state index contributed by atoms with van der Waals surface area (Å²) < 4.78 is 0. The highest BCUT2D eigenvalue weighted by Crippen LogP contribution is 2.50. The van der Waals surface area contributed by atoms with Crippen LogP contribution in [0.25, 0.3) is 0 Å². The molecule has 0 saturated heterocycles. The molecule has 2 heteroatoms. The third-order valence-electron chi connectivity index (χ3n) is 4.64. The molecule has 1 aliphatic carbocycles. The van der Waals surface area contributed by atoms with Gasteiger partial charge in [0.2, 0.25) is 0 Å². The highest BCUT2D eigenvalue weighted by Gasteiger charge is 2.43. The van der Waals surface area contributed by atoms with Gasteiger partial charge in [0.1, 0.15) is 0 Å². The van der Waals surface area contributed by atoms with Crippen molar-refractivity contribution in [2.24, 2.45) is 11.1 Å². The minimum Gasteiger partial charge on any atom is -0.396 e. The van der Waals surface area contributed by atoms with Crippen molar-refractivity contribution in [1.82, 2.24) is 0 Å². The molecule has 0 radical (unpaired) electrons. The van der Waals surface area contributed by atoms with E-state index in [2.05, 4.69) is 38.1 Å². The number of hydrogen-bond donors (Lipinski definition) is 2. The zero-order valence-corrected chi connectivity index (χ0v) is 11.5. The lowest BCUT2D eigenvalue weighted by Crippen LogP contribution is -2.42. The molecule has 2 rings (SSSR count). The molecule has 0 unspecified atom stereocenters. The lowest BCUT2D eigenvalue weighted by atomic mass is 9.59. The third kappa shape index (κ3) is 2.32. The predicted octanol–water partition coefficient (Wildman–Crippen LogP) is 3.01. The van der Waals surface area contributed by atoms with Crippen LogP contribution in [-0.2, 0) is 0 Å². The molecule has 2 nitrogen and oxygen atoms in total. The van der Waals surface area contributed by atoms with Crippen molar-refractivity contribution in [3.05, 3.63) is 35.4 Å². The van der Waals surface area contributed by atoms with Crippen LogP contribution in [0, 0.1) is 5.41 Å². The van der Waals surface area contributed by atoms with Crippen molar-refractivity contribution in [2.45, 2.75) is 44.9 Å². The van der Waals surface area contributed by atoms with Gasteiger partial charge in [0.05, 0.1) is 0 Å². The molecule has 0 aromatic heterocycles. The predicted molar refractivity (Wildman–Crippen MR) is 75.7 cm³/mol. The molecule has 1 aromatic rings. The molecule has 1 fully saturated rings. The Morgan fingerprint density at radius 1 is 1.17 bits per heavy atom. The zero-order chi connectivity index (χ0) is 13.2. The van der Waals surface area contributed by atoms with Gasteiger partial charge in [-0.15, -0.1) is 0 Å². The Labute approximate surface area is 110 Å². The van der Waals surface area contributed by atoms with E-state index in [1.54, 1.807) is 0 Å². The Kier molecular flexibility index (Phi) is 4.08. The van der Waals surface area contributed by atoms with E-state index in [1.807, 2.05) is 0 Å². The van der Waals surface area contributed by atoms with E-state index in [4.69, 9.17) is 5.73 Å². The van der Waals surface area contributed by atoms with Crippen molar-refractivity contribution in [3.63, 3.8) is 0 Å². The van der Waals surface area contributed by atoms with Crippen molar-refractivity contribution in [2.75, 3.05) is 13.2 Å². The minimum absolute atomic E-state index is 0.0497. The van der Waals surface area contributed by atoms with Crippen molar-refractivity contribution < 1.29 is 5.11 Å². The average Bonchev–Trinajstić information content (AvgIpc) is 2.34. The van der Waals surface area contributed by atoms with E-state index >= 15 is 0 Å². The summed E-state index contributed by atoms with van der Waals surface area (Å²) >= 11 is 0. The summed E-state index contributed by atoms with van der Waals surface area (Å²) in [5.74, 6) is 0.864. The fourth-order valence-corrected chi connectivity index (χ4v) is 3.10. The Balaban J connectivity index is 2.22. The first-order valence-corrected chi connectivity index (χ1v) is 7.04. The molecule has 18 heavy (non-hydrogen) atoms. The van der Waals surface area contributed by atoms with Gasteiger partial charge in [0, 0.05) is 17.9 Å². The number of aliphatic hydroxyl groups excluding tert-OH is 1. The molecule has 1 saturated carbocycles. The van der Waals surface area contributed by atoms with Crippen LogP contribution in [0.4, 0.5) is 0 Å². The fourth-order valence-electron chi connectivity index (χ4n) is 3.10. The van der Waals surface area contributed by atoms with Crippen LogP contribution in [0.1, 0.15) is 56.1 Å². The van der Waals surface area contributed by atoms with E-state index in [-0.39, 0.29) is 12.0 Å². The molecule has 1 atom stereocenters. The molecule has 0 heterocycles. The lowest BCUT2D eigenvalue weighted by molar-refractivity contribution is 0.0192. The van der Waals surface area contributed by atoms with Crippen molar-refractivity contribution >= 4 is 0 Å². The number of benzene rings is 1. The Morgan fingerprint density at radius 2 is 1.72 bits per heavy atom. The smallest absolute Gasteiger partial charge is 0.0493 e. The van der Waals surface area contributed by atoms with Gasteiger partial charge in [-0.3, -0.25) is 0 Å². The van der Waals surface area contributed by atoms with Crippen molar-refractivity contribution in [3.8, 4) is 0 Å². The van der Waals surface area contributed by atoms with Crippen molar-refractivity contribution in [1.29, 1.82) is 0 Å². The second-order valence-corrected chi connectivity index (χ2v) is 5.98. The average molecular weight is 247 g/mol. The molecule has 0 bridgehead atoms. The van der Waals surface area contributed by atoms with Gasteiger partial charge >= 0.3 is 0 Å². The van der Waals surface area contributed by atoms with E-state index in [9.17, 15) is 5.11 Å². The fraction of sp³-hybridized carbons (Fsp3) is 0.625. The summed E-state index contributed by atoms with van der Waals surface area (Å²) in [6.07, 6.45) is 3.44. The number of rotatable bonds is 5. The molecular formula is C16H25NO. The van der Waals surface area contributed by atoms with Crippen LogP contribution in [0.2, 0.25) is 0 Å². The maximum atomic E-state index is 9.69. The Bertz CT molecular complexity index is 373.